The molecule has 0 saturated carbocycles. The number of rotatable bonds is 6. The number of hydrogen-bond acceptors (Lipinski definition) is 6. The van der Waals surface area contributed by atoms with Crippen molar-refractivity contribution in [2.75, 3.05) is 50.8 Å². The predicted molar refractivity (Wildman–Crippen MR) is 92.1 cm³/mol. The van der Waals surface area contributed by atoms with Crippen LogP contribution in [0.2, 0.25) is 0 Å². The van der Waals surface area contributed by atoms with Crippen LogP contribution in [0.5, 0.6) is 0 Å². The van der Waals surface area contributed by atoms with E-state index in [0.29, 0.717) is 26.1 Å². The highest BCUT2D eigenvalue weighted by Gasteiger charge is 2.47. The number of piperazine rings is 1. The lowest BCUT2D eigenvalue weighted by Crippen LogP contribution is -2.61. The number of hydrogen-bond donors (Lipinski definition) is 1. The topological polar surface area (TPSA) is 98.2 Å². The van der Waals surface area contributed by atoms with E-state index < -0.39 is 15.8 Å². The van der Waals surface area contributed by atoms with Gasteiger partial charge in [0.2, 0.25) is 5.91 Å². The van der Waals surface area contributed by atoms with Gasteiger partial charge in [0.05, 0.1) is 24.0 Å². The molecule has 3 fully saturated rings. The lowest BCUT2D eigenvalue weighted by Gasteiger charge is -2.44. The molecule has 0 aliphatic carbocycles. The molecule has 8 nitrogen and oxygen atoms in total. The first-order valence-corrected chi connectivity index (χ1v) is 10.9. The zero-order valence-corrected chi connectivity index (χ0v) is 15.3. The fourth-order valence-electron chi connectivity index (χ4n) is 4.25. The maximum atomic E-state index is 12.7. The Morgan fingerprint density at radius 1 is 0.920 bits per heavy atom. The average Bonchev–Trinajstić information content (AvgIpc) is 3.16. The monoisotopic (exact) mass is 373 g/mol. The highest BCUT2D eigenvalue weighted by Crippen LogP contribution is 2.27. The molecule has 9 heteroatoms. The van der Waals surface area contributed by atoms with Crippen LogP contribution in [0.15, 0.2) is 0 Å². The number of carbonyl (C=O) groups excluding carboxylic acids is 1. The number of carboxylic acid groups (broad SMARTS) is 1. The van der Waals surface area contributed by atoms with Crippen molar-refractivity contribution in [2.24, 2.45) is 0 Å². The quantitative estimate of drug-likeness (QED) is 0.654. The number of fused-ring (bicyclic) bond motifs is 1. The molecule has 3 saturated heterocycles. The molecule has 0 unspecified atom stereocenters. The molecule has 0 spiro atoms. The van der Waals surface area contributed by atoms with Crippen molar-refractivity contribution in [1.82, 2.24) is 14.7 Å². The Hall–Kier alpha value is -1.19. The molecule has 25 heavy (non-hydrogen) atoms. The average molecular weight is 373 g/mol. The van der Waals surface area contributed by atoms with Gasteiger partial charge in [-0.2, -0.15) is 0 Å². The van der Waals surface area contributed by atoms with E-state index in [4.69, 9.17) is 5.11 Å². The van der Waals surface area contributed by atoms with Crippen molar-refractivity contribution in [2.45, 2.75) is 37.8 Å². The highest BCUT2D eigenvalue weighted by molar-refractivity contribution is 7.91. The lowest BCUT2D eigenvalue weighted by molar-refractivity contribution is -0.140. The van der Waals surface area contributed by atoms with E-state index in [9.17, 15) is 18.0 Å². The van der Waals surface area contributed by atoms with Crippen LogP contribution in [0.3, 0.4) is 0 Å². The van der Waals surface area contributed by atoms with Crippen LogP contribution in [0.25, 0.3) is 0 Å². The molecule has 0 aromatic heterocycles. The van der Waals surface area contributed by atoms with E-state index >= 15 is 0 Å². The van der Waals surface area contributed by atoms with E-state index in [1.54, 1.807) is 4.90 Å². The Balaban J connectivity index is 1.63. The normalized spacial score (nSPS) is 29.7. The third-order valence-corrected chi connectivity index (χ3v) is 7.26. The first-order valence-electron chi connectivity index (χ1n) is 9.04. The van der Waals surface area contributed by atoms with Crippen molar-refractivity contribution in [1.29, 1.82) is 0 Å². The van der Waals surface area contributed by atoms with E-state index in [-0.39, 0.29) is 35.9 Å². The molecular weight excluding hydrogens is 346 g/mol. The number of likely N-dealkylation sites (tertiary alicyclic amines) is 1. The van der Waals surface area contributed by atoms with E-state index in [1.165, 1.54) is 12.8 Å². The van der Waals surface area contributed by atoms with Crippen molar-refractivity contribution in [3.05, 3.63) is 0 Å². The smallest absolute Gasteiger partial charge is 0.304 e. The summed E-state index contributed by atoms with van der Waals surface area (Å²) in [6, 6.07) is -0.604. The fraction of sp³-hybridized carbons (Fsp3) is 0.875. The summed E-state index contributed by atoms with van der Waals surface area (Å²) in [7, 11) is -3.19. The number of carboxylic acids is 1. The van der Waals surface area contributed by atoms with Crippen LogP contribution in [-0.4, -0.2) is 103 Å². The lowest BCUT2D eigenvalue weighted by atomic mass is 10.0. The minimum atomic E-state index is -3.19. The van der Waals surface area contributed by atoms with Gasteiger partial charge < -0.3 is 14.9 Å². The SMILES string of the molecule is O=C(O)CCN1CCN(C(=O)CCN2CCCC2)[C@@H]2CS(=O)(=O)C[C@@H]21. The van der Waals surface area contributed by atoms with Gasteiger partial charge in [-0.15, -0.1) is 0 Å². The minimum absolute atomic E-state index is 0.00328. The van der Waals surface area contributed by atoms with Gasteiger partial charge in [0.25, 0.3) is 0 Å². The molecule has 3 rings (SSSR count). The molecule has 3 heterocycles. The number of aliphatic carboxylic acids is 1. The molecule has 1 N–H and O–H groups in total. The van der Waals surface area contributed by atoms with Gasteiger partial charge in [0.1, 0.15) is 0 Å². The fourth-order valence-corrected chi connectivity index (χ4v) is 6.27. The Labute approximate surface area is 148 Å². The molecule has 0 aromatic carbocycles. The Morgan fingerprint density at radius 2 is 1.60 bits per heavy atom. The predicted octanol–water partition coefficient (Wildman–Crippen LogP) is -0.743. The Kier molecular flexibility index (Phi) is 5.65. The van der Waals surface area contributed by atoms with Crippen molar-refractivity contribution in [3.8, 4) is 0 Å². The third kappa shape index (κ3) is 4.51. The van der Waals surface area contributed by atoms with Gasteiger partial charge in [0.15, 0.2) is 9.84 Å². The largest absolute Gasteiger partial charge is 0.481 e. The van der Waals surface area contributed by atoms with Crippen molar-refractivity contribution < 1.29 is 23.1 Å². The van der Waals surface area contributed by atoms with Gasteiger partial charge in [-0.3, -0.25) is 14.5 Å². The first-order chi connectivity index (χ1) is 11.9. The van der Waals surface area contributed by atoms with Crippen LogP contribution >= 0.6 is 0 Å². The molecule has 0 aromatic rings. The van der Waals surface area contributed by atoms with Crippen LogP contribution in [0, 0.1) is 0 Å². The second-order valence-electron chi connectivity index (χ2n) is 7.28. The summed E-state index contributed by atoms with van der Waals surface area (Å²) >= 11 is 0. The third-order valence-electron chi connectivity index (χ3n) is 5.56. The second kappa shape index (κ2) is 7.59. The standard InChI is InChI=1S/C16H27N3O5S/c20-15(3-7-17-5-1-2-6-17)19-10-9-18(8-4-16(21)22)13-11-25(23,24)12-14(13)19/h13-14H,1-12H2,(H,21,22)/t13-,14+/m0/s1. The van der Waals surface area contributed by atoms with E-state index in [1.807, 2.05) is 4.90 Å². The molecule has 142 valence electrons. The highest BCUT2D eigenvalue weighted by atomic mass is 32.2. The van der Waals surface area contributed by atoms with E-state index in [0.717, 1.165) is 19.6 Å². The van der Waals surface area contributed by atoms with Gasteiger partial charge in [0, 0.05) is 38.6 Å². The van der Waals surface area contributed by atoms with Crippen molar-refractivity contribution >= 4 is 21.7 Å². The van der Waals surface area contributed by atoms with Gasteiger partial charge in [-0.25, -0.2) is 8.42 Å². The molecule has 3 aliphatic rings. The molecule has 0 bridgehead atoms. The Bertz CT molecular complexity index is 617. The molecule has 3 aliphatic heterocycles. The molecule has 1 amide bonds. The van der Waals surface area contributed by atoms with Crippen molar-refractivity contribution in [3.63, 3.8) is 0 Å². The van der Waals surface area contributed by atoms with Crippen LogP contribution in [-0.2, 0) is 19.4 Å². The van der Waals surface area contributed by atoms with Crippen LogP contribution in [0.4, 0.5) is 0 Å². The summed E-state index contributed by atoms with van der Waals surface area (Å²) in [5.41, 5.74) is 0. The van der Waals surface area contributed by atoms with Crippen LogP contribution < -0.4 is 0 Å². The van der Waals surface area contributed by atoms with Crippen LogP contribution in [0.1, 0.15) is 25.7 Å². The first kappa shape index (κ1) is 18.6. The van der Waals surface area contributed by atoms with Gasteiger partial charge >= 0.3 is 5.97 Å². The summed E-state index contributed by atoms with van der Waals surface area (Å²) in [5.74, 6) is -0.845. The Morgan fingerprint density at radius 3 is 2.28 bits per heavy atom. The summed E-state index contributed by atoms with van der Waals surface area (Å²) in [4.78, 5) is 29.5. The zero-order chi connectivity index (χ0) is 18.0. The molecule has 2 atom stereocenters. The summed E-state index contributed by atoms with van der Waals surface area (Å²) < 4.78 is 24.3. The van der Waals surface area contributed by atoms with Gasteiger partial charge in [-0.05, 0) is 25.9 Å². The summed E-state index contributed by atoms with van der Waals surface area (Å²) in [6.45, 7) is 4.17. The number of sulfone groups is 1. The number of nitrogens with zero attached hydrogens (tertiary/aromatic N) is 3. The molecular formula is C16H27N3O5S. The maximum absolute atomic E-state index is 12.7. The summed E-state index contributed by atoms with van der Waals surface area (Å²) in [5, 5.41) is 8.89. The minimum Gasteiger partial charge on any atom is -0.481 e. The van der Waals surface area contributed by atoms with Gasteiger partial charge in [-0.1, -0.05) is 0 Å². The number of amides is 1. The van der Waals surface area contributed by atoms with E-state index in [2.05, 4.69) is 4.90 Å². The number of carbonyl (C=O) groups is 2. The maximum Gasteiger partial charge on any atom is 0.304 e. The summed E-state index contributed by atoms with van der Waals surface area (Å²) in [6.07, 6.45) is 2.78. The second-order valence-corrected chi connectivity index (χ2v) is 9.43. The molecule has 0 radical (unpaired) electrons. The zero-order valence-electron chi connectivity index (χ0n) is 14.5.